The fourth-order valence-corrected chi connectivity index (χ4v) is 10.2. The molecular weight excluding hydrogens is 715 g/mol. The van der Waals surface area contributed by atoms with E-state index in [0.717, 1.165) is 66.8 Å². The predicted molar refractivity (Wildman–Crippen MR) is 248 cm³/mol. The van der Waals surface area contributed by atoms with Crippen LogP contribution in [0.4, 0.5) is 0 Å². The molecule has 0 amide bonds. The van der Waals surface area contributed by atoms with E-state index in [1.807, 2.05) is 0 Å². The number of fused-ring (bicyclic) bond motifs is 9. The van der Waals surface area contributed by atoms with Crippen molar-refractivity contribution in [1.82, 2.24) is 0 Å². The fourth-order valence-electron chi connectivity index (χ4n) is 10.2. The molecule has 0 N–H and O–H groups in total. The molecule has 0 spiro atoms. The largest absolute Gasteiger partial charge is 0.485 e. The van der Waals surface area contributed by atoms with E-state index < -0.39 is 0 Å². The zero-order valence-electron chi connectivity index (χ0n) is 33.6. The molecule has 286 valence electrons. The molecular formula is C57H47NO. The quantitative estimate of drug-likeness (QED) is 0.160. The molecule has 2 nitrogen and oxygen atoms in total. The normalized spacial score (nSPS) is 22.1. The third-order valence-electron chi connectivity index (χ3n) is 13.2. The average Bonchev–Trinajstić information content (AvgIpc) is 3.71. The number of hydrogen-bond acceptors (Lipinski definition) is 2. The molecule has 2 unspecified atom stereocenters. The highest BCUT2D eigenvalue weighted by Crippen LogP contribution is 2.47. The van der Waals surface area contributed by atoms with E-state index in [0.29, 0.717) is 5.92 Å². The van der Waals surface area contributed by atoms with Crippen molar-refractivity contribution >= 4 is 50.2 Å². The van der Waals surface area contributed by atoms with Crippen molar-refractivity contribution in [2.45, 2.75) is 51.6 Å². The van der Waals surface area contributed by atoms with Crippen LogP contribution in [0.25, 0.3) is 44.5 Å². The Hall–Kier alpha value is -6.51. The number of aliphatic imine (C=N–C) groups is 1. The van der Waals surface area contributed by atoms with Gasteiger partial charge in [0.25, 0.3) is 0 Å². The van der Waals surface area contributed by atoms with Crippen molar-refractivity contribution in [2.75, 3.05) is 0 Å². The molecule has 5 aliphatic rings. The minimum Gasteiger partial charge on any atom is -0.485 e. The van der Waals surface area contributed by atoms with Gasteiger partial charge >= 0.3 is 0 Å². The van der Waals surface area contributed by atoms with Gasteiger partial charge in [-0.15, -0.1) is 0 Å². The summed E-state index contributed by atoms with van der Waals surface area (Å²) in [5.41, 5.74) is 16.7. The summed E-state index contributed by atoms with van der Waals surface area (Å²) in [5, 5.41) is 5.42. The third-order valence-corrected chi connectivity index (χ3v) is 13.2. The Labute approximate surface area is 347 Å². The van der Waals surface area contributed by atoms with Gasteiger partial charge in [-0.1, -0.05) is 170 Å². The first-order valence-corrected chi connectivity index (χ1v) is 21.5. The van der Waals surface area contributed by atoms with Gasteiger partial charge in [-0.05, 0) is 117 Å². The third kappa shape index (κ3) is 6.48. The lowest BCUT2D eigenvalue weighted by Crippen LogP contribution is -2.15. The number of aryl methyl sites for hydroxylation is 1. The number of benzene rings is 6. The van der Waals surface area contributed by atoms with Crippen LogP contribution in [0.1, 0.15) is 72.4 Å². The van der Waals surface area contributed by atoms with Crippen LogP contribution >= 0.6 is 0 Å². The highest BCUT2D eigenvalue weighted by molar-refractivity contribution is 6.16. The molecule has 0 saturated carbocycles. The Morgan fingerprint density at radius 2 is 1.37 bits per heavy atom. The van der Waals surface area contributed by atoms with Crippen LogP contribution in [0, 0.1) is 11.8 Å². The van der Waals surface area contributed by atoms with E-state index in [1.165, 1.54) is 71.7 Å². The number of para-hydroxylation sites is 1. The molecule has 11 rings (SSSR count). The fraction of sp³-hybridized carbons (Fsp3) is 0.175. The van der Waals surface area contributed by atoms with E-state index in [2.05, 4.69) is 183 Å². The molecule has 0 fully saturated rings. The van der Waals surface area contributed by atoms with Gasteiger partial charge in [-0.25, -0.2) is 4.99 Å². The monoisotopic (exact) mass is 761 g/mol. The first kappa shape index (κ1) is 35.6. The van der Waals surface area contributed by atoms with Gasteiger partial charge < -0.3 is 4.74 Å². The van der Waals surface area contributed by atoms with Crippen LogP contribution in [0.2, 0.25) is 0 Å². The van der Waals surface area contributed by atoms with Gasteiger partial charge in [-0.2, -0.15) is 0 Å². The van der Waals surface area contributed by atoms with Gasteiger partial charge in [0.2, 0.25) is 0 Å². The molecule has 2 heterocycles. The molecule has 3 atom stereocenters. The molecule has 2 aliphatic heterocycles. The number of hydrogen-bond donors (Lipinski definition) is 0. The van der Waals surface area contributed by atoms with E-state index in [1.54, 1.807) is 0 Å². The minimum absolute atomic E-state index is 0.117. The molecule has 0 aromatic heterocycles. The zero-order chi connectivity index (χ0) is 39.3. The molecule has 6 aromatic carbocycles. The summed E-state index contributed by atoms with van der Waals surface area (Å²) in [7, 11) is 0. The van der Waals surface area contributed by atoms with Crippen LogP contribution in [-0.2, 0) is 6.42 Å². The molecule has 3 aliphatic carbocycles. The summed E-state index contributed by atoms with van der Waals surface area (Å²) in [6.45, 7) is 2.42. The van der Waals surface area contributed by atoms with Crippen LogP contribution in [0.5, 0.6) is 5.75 Å². The van der Waals surface area contributed by atoms with Gasteiger partial charge in [0, 0.05) is 29.0 Å². The molecule has 0 radical (unpaired) electrons. The summed E-state index contributed by atoms with van der Waals surface area (Å²) in [6, 6.07) is 45.9. The smallest absolute Gasteiger partial charge is 0.128 e. The topological polar surface area (TPSA) is 21.6 Å². The van der Waals surface area contributed by atoms with E-state index in [9.17, 15) is 0 Å². The van der Waals surface area contributed by atoms with Gasteiger partial charge in [0.05, 0.1) is 11.4 Å². The lowest BCUT2D eigenvalue weighted by atomic mass is 9.77. The summed E-state index contributed by atoms with van der Waals surface area (Å²) >= 11 is 0. The first-order valence-electron chi connectivity index (χ1n) is 21.5. The van der Waals surface area contributed by atoms with E-state index in [-0.39, 0.29) is 12.0 Å². The molecule has 0 bridgehead atoms. The minimum atomic E-state index is 0.117. The summed E-state index contributed by atoms with van der Waals surface area (Å²) < 4.78 is 6.34. The molecule has 2 heteroatoms. The number of allylic oxidation sites excluding steroid dienone is 10. The maximum atomic E-state index is 6.34. The second-order valence-corrected chi connectivity index (χ2v) is 16.7. The second kappa shape index (κ2) is 15.0. The van der Waals surface area contributed by atoms with Crippen molar-refractivity contribution in [1.29, 1.82) is 0 Å². The SMILES string of the molecule is C[C@@H]1CC/C=C(\c2ccccc2)N=C(c2ccccc2)C=C1C1C=C(c2cccc3c2c2c(c4ccccc43)C=C(C3=CCC4Oc5ccccc5C4=C3)CC2)C=CC1. The zero-order valence-corrected chi connectivity index (χ0v) is 33.6. The Bertz CT molecular complexity index is 2910. The summed E-state index contributed by atoms with van der Waals surface area (Å²) in [4.78, 5) is 5.42. The lowest BCUT2D eigenvalue weighted by Gasteiger charge is -2.27. The molecule has 6 aromatic rings. The number of rotatable bonds is 5. The molecule has 0 saturated heterocycles. The van der Waals surface area contributed by atoms with Crippen molar-refractivity contribution in [3.05, 3.63) is 220 Å². The van der Waals surface area contributed by atoms with Gasteiger partial charge in [-0.3, -0.25) is 0 Å². The lowest BCUT2D eigenvalue weighted by molar-refractivity contribution is 0.278. The van der Waals surface area contributed by atoms with Gasteiger partial charge in [0.15, 0.2) is 0 Å². The molecule has 59 heavy (non-hydrogen) atoms. The van der Waals surface area contributed by atoms with Crippen LogP contribution < -0.4 is 4.74 Å². The van der Waals surface area contributed by atoms with Crippen LogP contribution in [0.15, 0.2) is 192 Å². The average molecular weight is 762 g/mol. The Kier molecular flexibility index (Phi) is 9.07. The maximum absolute atomic E-state index is 6.34. The van der Waals surface area contributed by atoms with Crippen molar-refractivity contribution in [2.24, 2.45) is 16.8 Å². The predicted octanol–water partition coefficient (Wildman–Crippen LogP) is 14.3. The maximum Gasteiger partial charge on any atom is 0.128 e. The Morgan fingerprint density at radius 3 is 2.24 bits per heavy atom. The standard InChI is InChI=1S/C57H47NO/c1-37-15-12-27-53(38-16-4-2-5-17-38)58-54(39-18-6-3-7-19-39)36-50(37)43-21-13-20-42(33-43)44-25-14-26-48-45-22-8-9-23-46(45)51-34-40(29-31-49(51)57(44)48)41-30-32-56-52(35-41)47-24-10-11-28-55(47)59-56/h2-11,13-14,16-20,22-28,30,33-37,43,56H,12,15,21,29,31-32H2,1H3/b50-36?,53-27+,58-54?/t37-,43?,56?/m1/s1. The summed E-state index contributed by atoms with van der Waals surface area (Å²) in [5.74, 6) is 1.69. The first-order chi connectivity index (χ1) is 29.2. The van der Waals surface area contributed by atoms with Crippen molar-refractivity contribution in [3.8, 4) is 5.75 Å². The van der Waals surface area contributed by atoms with Crippen molar-refractivity contribution in [3.63, 3.8) is 0 Å². The second-order valence-electron chi connectivity index (χ2n) is 16.7. The Morgan fingerprint density at radius 1 is 0.627 bits per heavy atom. The van der Waals surface area contributed by atoms with E-state index in [4.69, 9.17) is 9.73 Å². The summed E-state index contributed by atoms with van der Waals surface area (Å²) in [6.07, 6.45) is 25.6. The van der Waals surface area contributed by atoms with Gasteiger partial charge in [0.1, 0.15) is 11.9 Å². The highest BCUT2D eigenvalue weighted by Gasteiger charge is 2.31. The van der Waals surface area contributed by atoms with E-state index >= 15 is 0 Å². The highest BCUT2D eigenvalue weighted by atomic mass is 16.5. The number of nitrogens with zero attached hydrogens (tertiary/aromatic N) is 1. The van der Waals surface area contributed by atoms with Crippen LogP contribution in [0.3, 0.4) is 0 Å². The number of ether oxygens (including phenoxy) is 1. The van der Waals surface area contributed by atoms with Crippen molar-refractivity contribution < 1.29 is 4.74 Å². The Balaban J connectivity index is 1.02. The van der Waals surface area contributed by atoms with Crippen LogP contribution in [-0.4, -0.2) is 11.8 Å².